The molecule has 3 aliphatic rings. The van der Waals surface area contributed by atoms with E-state index < -0.39 is 0 Å². The molecule has 0 aliphatic carbocycles. The van der Waals surface area contributed by atoms with Crippen molar-refractivity contribution in [1.29, 1.82) is 0 Å². The third kappa shape index (κ3) is 4.05. The number of aromatic nitrogens is 3. The summed E-state index contributed by atoms with van der Waals surface area (Å²) in [7, 11) is 0. The molecule has 184 valence electrons. The summed E-state index contributed by atoms with van der Waals surface area (Å²) in [6.07, 6.45) is 5.77. The molecule has 6 N–H and O–H groups in total. The van der Waals surface area contributed by atoms with Crippen LogP contribution in [0, 0.1) is 6.92 Å². The van der Waals surface area contributed by atoms with E-state index in [0.29, 0.717) is 12.1 Å². The van der Waals surface area contributed by atoms with Gasteiger partial charge in [0.25, 0.3) is 5.91 Å². The highest BCUT2D eigenvalue weighted by molar-refractivity contribution is 5.94. The van der Waals surface area contributed by atoms with Crippen LogP contribution >= 0.6 is 0 Å². The van der Waals surface area contributed by atoms with Crippen molar-refractivity contribution in [3.8, 4) is 0 Å². The Morgan fingerprint density at radius 3 is 2.80 bits per heavy atom. The van der Waals surface area contributed by atoms with Gasteiger partial charge < -0.3 is 15.5 Å². The Hall–Kier alpha value is -3.09. The number of carbonyl (C=O) groups excluding carboxylic acids is 1. The van der Waals surface area contributed by atoms with Gasteiger partial charge in [-0.3, -0.25) is 10.6 Å². The number of fused-ring (bicyclic) bond motifs is 1. The Bertz CT molecular complexity index is 1260. The first-order chi connectivity index (χ1) is 17.0. The number of nitrogens with zero attached hydrogens (tertiary/aromatic N) is 6. The number of amides is 1. The number of nitrogens with two attached hydrogens (primary N) is 2. The average molecular weight is 477 g/mol. The van der Waals surface area contributed by atoms with Gasteiger partial charge in [0.05, 0.1) is 11.7 Å². The number of carbonyl (C=O) groups is 1. The summed E-state index contributed by atoms with van der Waals surface area (Å²) in [5.41, 5.74) is 16.3. The van der Waals surface area contributed by atoms with Gasteiger partial charge in [0.2, 0.25) is 0 Å². The molecule has 0 bridgehead atoms. The van der Waals surface area contributed by atoms with E-state index in [2.05, 4.69) is 22.8 Å². The Kier molecular flexibility index (Phi) is 5.66. The summed E-state index contributed by atoms with van der Waals surface area (Å²) >= 11 is 0. The first-order valence-corrected chi connectivity index (χ1v) is 12.3. The molecule has 2 aromatic heterocycles. The van der Waals surface area contributed by atoms with E-state index in [1.807, 2.05) is 45.9 Å². The summed E-state index contributed by atoms with van der Waals surface area (Å²) in [5.74, 6) is 6.85. The normalized spacial score (nSPS) is 25.3. The second kappa shape index (κ2) is 8.85. The summed E-state index contributed by atoms with van der Waals surface area (Å²) in [6, 6.07) is 9.78. The van der Waals surface area contributed by atoms with Crippen molar-refractivity contribution in [2.45, 2.75) is 50.9 Å². The van der Waals surface area contributed by atoms with Crippen LogP contribution in [-0.2, 0) is 0 Å². The highest BCUT2D eigenvalue weighted by atomic mass is 16.2. The highest BCUT2D eigenvalue weighted by Gasteiger charge is 2.32. The van der Waals surface area contributed by atoms with Crippen molar-refractivity contribution >= 4 is 17.4 Å². The quantitative estimate of drug-likeness (QED) is 0.409. The van der Waals surface area contributed by atoms with Crippen LogP contribution in [0.25, 0.3) is 5.65 Å². The van der Waals surface area contributed by atoms with Gasteiger partial charge in [0.15, 0.2) is 5.65 Å². The zero-order chi connectivity index (χ0) is 24.1. The van der Waals surface area contributed by atoms with E-state index in [1.54, 1.807) is 0 Å². The van der Waals surface area contributed by atoms with Gasteiger partial charge >= 0.3 is 0 Å². The maximum atomic E-state index is 13.7. The predicted molar refractivity (Wildman–Crippen MR) is 132 cm³/mol. The maximum Gasteiger partial charge on any atom is 0.254 e. The van der Waals surface area contributed by atoms with Gasteiger partial charge in [0, 0.05) is 49.1 Å². The van der Waals surface area contributed by atoms with Gasteiger partial charge in [-0.15, -0.1) is 5.12 Å². The molecule has 11 nitrogen and oxygen atoms in total. The van der Waals surface area contributed by atoms with E-state index >= 15 is 0 Å². The Morgan fingerprint density at radius 1 is 1.17 bits per heavy atom. The number of piperidine rings is 1. The maximum absolute atomic E-state index is 13.7. The minimum atomic E-state index is -0.160. The summed E-state index contributed by atoms with van der Waals surface area (Å²) < 4.78 is 1.84. The van der Waals surface area contributed by atoms with Crippen molar-refractivity contribution in [2.75, 3.05) is 24.5 Å². The fourth-order valence-corrected chi connectivity index (χ4v) is 5.42. The Labute approximate surface area is 204 Å². The minimum absolute atomic E-state index is 0.0142. The van der Waals surface area contributed by atoms with E-state index in [1.165, 1.54) is 5.12 Å². The van der Waals surface area contributed by atoms with Gasteiger partial charge in [-0.25, -0.2) is 14.9 Å². The summed E-state index contributed by atoms with van der Waals surface area (Å²) in [6.45, 7) is 4.51. The number of hydrogen-bond acceptors (Lipinski definition) is 9. The molecule has 3 saturated heterocycles. The lowest BCUT2D eigenvalue weighted by Gasteiger charge is -2.39. The third-order valence-corrected chi connectivity index (χ3v) is 7.31. The van der Waals surface area contributed by atoms with E-state index in [0.717, 1.165) is 67.1 Å². The number of hydrazine groups is 3. The third-order valence-electron chi connectivity index (χ3n) is 7.31. The molecule has 6 rings (SSSR count). The molecule has 3 atom stereocenters. The molecular weight excluding hydrogens is 444 g/mol. The monoisotopic (exact) mass is 476 g/mol. The van der Waals surface area contributed by atoms with Crippen LogP contribution in [0.1, 0.15) is 65.1 Å². The SMILES string of the molecule is Cc1cn2nc([C@@H]3CCCCN3C(=O)c3cccc(C4NNN4N)c3)cc2nc1N1CC[C@H](N)C1. The molecule has 0 spiro atoms. The minimum Gasteiger partial charge on any atom is -0.355 e. The van der Waals surface area contributed by atoms with Crippen molar-refractivity contribution in [1.82, 2.24) is 35.6 Å². The van der Waals surface area contributed by atoms with Crippen LogP contribution < -0.4 is 27.4 Å². The van der Waals surface area contributed by atoms with Gasteiger partial charge in [0.1, 0.15) is 12.0 Å². The molecule has 3 aliphatic heterocycles. The lowest BCUT2D eigenvalue weighted by atomic mass is 9.97. The zero-order valence-corrected chi connectivity index (χ0v) is 19.9. The number of rotatable bonds is 4. The highest BCUT2D eigenvalue weighted by Crippen LogP contribution is 2.33. The molecule has 5 heterocycles. The van der Waals surface area contributed by atoms with E-state index in [-0.39, 0.29) is 24.2 Å². The summed E-state index contributed by atoms with van der Waals surface area (Å²) in [4.78, 5) is 22.8. The van der Waals surface area contributed by atoms with Gasteiger partial charge in [-0.2, -0.15) is 10.6 Å². The van der Waals surface area contributed by atoms with Crippen molar-refractivity contribution in [3.05, 3.63) is 58.9 Å². The Balaban J connectivity index is 1.29. The van der Waals surface area contributed by atoms with Crippen molar-refractivity contribution < 1.29 is 4.79 Å². The average Bonchev–Trinajstić information content (AvgIpc) is 3.48. The van der Waals surface area contributed by atoms with E-state index in [4.69, 9.17) is 21.7 Å². The number of nitrogens with one attached hydrogen (secondary N) is 2. The van der Waals surface area contributed by atoms with Gasteiger partial charge in [-0.05, 0) is 50.3 Å². The second-order valence-corrected chi connectivity index (χ2v) is 9.82. The molecule has 3 aromatic rings. The number of aryl methyl sites for hydroxylation is 1. The number of anilines is 1. The molecule has 35 heavy (non-hydrogen) atoms. The number of hydrogen-bond donors (Lipinski definition) is 4. The van der Waals surface area contributed by atoms with E-state index in [9.17, 15) is 4.79 Å². The topological polar surface area (TPSA) is 133 Å². The number of benzene rings is 1. The first-order valence-electron chi connectivity index (χ1n) is 12.3. The fraction of sp³-hybridized carbons (Fsp3) is 0.458. The molecule has 0 radical (unpaired) electrons. The molecule has 1 amide bonds. The lowest BCUT2D eigenvalue weighted by Crippen LogP contribution is -2.68. The van der Waals surface area contributed by atoms with Crippen LogP contribution in [0.4, 0.5) is 5.82 Å². The summed E-state index contributed by atoms with van der Waals surface area (Å²) in [5, 5.41) is 6.34. The fourth-order valence-electron chi connectivity index (χ4n) is 5.42. The lowest BCUT2D eigenvalue weighted by molar-refractivity contribution is -0.0510. The first kappa shape index (κ1) is 22.4. The van der Waals surface area contributed by atoms with Crippen molar-refractivity contribution in [3.63, 3.8) is 0 Å². The van der Waals surface area contributed by atoms with Crippen LogP contribution in [0.3, 0.4) is 0 Å². The molecule has 1 aromatic carbocycles. The van der Waals surface area contributed by atoms with Crippen LogP contribution in [-0.4, -0.2) is 56.2 Å². The number of likely N-dealkylation sites (tertiary alicyclic amines) is 1. The molecule has 3 fully saturated rings. The van der Waals surface area contributed by atoms with Crippen LogP contribution in [0.5, 0.6) is 0 Å². The standard InChI is InChI=1S/C24H32N10O/c1-15-13-33-21(27-22(15)31-10-8-18(25)14-31)12-19(29-33)20-7-2-3-9-32(20)24(35)17-6-4-5-16(11-17)23-28-30-34(23)26/h4-6,11-13,18,20,23,28,30H,2-3,7-10,14,25-26H2,1H3/t18-,20-,23?/m0/s1. The second-order valence-electron chi connectivity index (χ2n) is 9.82. The molecule has 0 saturated carbocycles. The van der Waals surface area contributed by atoms with Crippen LogP contribution in [0.15, 0.2) is 36.5 Å². The zero-order valence-electron chi connectivity index (χ0n) is 19.9. The smallest absolute Gasteiger partial charge is 0.254 e. The van der Waals surface area contributed by atoms with Crippen LogP contribution in [0.2, 0.25) is 0 Å². The molecule has 11 heteroatoms. The largest absolute Gasteiger partial charge is 0.355 e. The molecule has 1 unspecified atom stereocenters. The van der Waals surface area contributed by atoms with Gasteiger partial charge in [-0.1, -0.05) is 12.1 Å². The Morgan fingerprint density at radius 2 is 2.06 bits per heavy atom. The molecular formula is C24H32N10O. The predicted octanol–water partition coefficient (Wildman–Crippen LogP) is 1.14. The van der Waals surface area contributed by atoms with Crippen molar-refractivity contribution in [2.24, 2.45) is 11.6 Å².